The molecule has 0 amide bonds. The fourth-order valence-corrected chi connectivity index (χ4v) is 1.40. The number of methoxy groups -OCH3 is 1. The number of hydrogen-bond acceptors (Lipinski definition) is 4. The highest BCUT2D eigenvalue weighted by Gasteiger charge is 2.03. The third kappa shape index (κ3) is 3.07. The molecule has 0 radical (unpaired) electrons. The smallest absolute Gasteiger partial charge is 0.161 e. The first kappa shape index (κ1) is 11.7. The number of benzene rings is 1. The summed E-state index contributed by atoms with van der Waals surface area (Å²) < 4.78 is 10.8. The predicted octanol–water partition coefficient (Wildman–Crippen LogP) is 2.72. The molecule has 0 fully saturated rings. The van der Waals surface area contributed by atoms with Crippen LogP contribution in [0.1, 0.15) is 5.69 Å². The minimum absolute atomic E-state index is 0.324. The summed E-state index contributed by atoms with van der Waals surface area (Å²) in [6, 6.07) is 7.43. The zero-order chi connectivity index (χ0) is 12.1. The normalized spacial score (nSPS) is 10.0. The monoisotopic (exact) mass is 250 g/mol. The predicted molar refractivity (Wildman–Crippen MR) is 64.4 cm³/mol. The summed E-state index contributed by atoms with van der Waals surface area (Å²) in [6.45, 7) is 0.324. The SMILES string of the molecule is COc1ccccc1OCc1cnc(Cl)cn1. The molecule has 4 nitrogen and oxygen atoms in total. The van der Waals surface area contributed by atoms with Crippen molar-refractivity contribution in [1.82, 2.24) is 9.97 Å². The van der Waals surface area contributed by atoms with E-state index >= 15 is 0 Å². The first-order valence-electron chi connectivity index (χ1n) is 5.02. The van der Waals surface area contributed by atoms with Crippen molar-refractivity contribution in [2.24, 2.45) is 0 Å². The van der Waals surface area contributed by atoms with Crippen LogP contribution in [-0.2, 0) is 6.61 Å². The van der Waals surface area contributed by atoms with Crippen LogP contribution < -0.4 is 9.47 Å². The van der Waals surface area contributed by atoms with E-state index in [4.69, 9.17) is 21.1 Å². The van der Waals surface area contributed by atoms with E-state index in [1.807, 2.05) is 24.3 Å². The molecule has 0 N–H and O–H groups in total. The van der Waals surface area contributed by atoms with Crippen molar-refractivity contribution in [3.8, 4) is 11.5 Å². The molecule has 17 heavy (non-hydrogen) atoms. The Kier molecular flexibility index (Phi) is 3.77. The molecule has 0 saturated carbocycles. The van der Waals surface area contributed by atoms with E-state index in [9.17, 15) is 0 Å². The van der Waals surface area contributed by atoms with E-state index in [1.165, 1.54) is 6.20 Å². The number of ether oxygens (including phenoxy) is 2. The number of para-hydroxylation sites is 2. The van der Waals surface area contributed by atoms with Gasteiger partial charge in [-0.05, 0) is 12.1 Å². The highest BCUT2D eigenvalue weighted by molar-refractivity contribution is 6.29. The molecule has 2 rings (SSSR count). The zero-order valence-corrected chi connectivity index (χ0v) is 10.0. The Bertz CT molecular complexity index is 488. The van der Waals surface area contributed by atoms with Crippen LogP contribution in [0.25, 0.3) is 0 Å². The molecule has 0 atom stereocenters. The number of halogens is 1. The molecule has 0 aliphatic heterocycles. The summed E-state index contributed by atoms with van der Waals surface area (Å²) in [4.78, 5) is 8.01. The van der Waals surface area contributed by atoms with Crippen LogP contribution in [0.15, 0.2) is 36.7 Å². The molecule has 1 heterocycles. The van der Waals surface area contributed by atoms with Gasteiger partial charge in [0.2, 0.25) is 0 Å². The van der Waals surface area contributed by atoms with Crippen LogP contribution in [0.2, 0.25) is 5.15 Å². The highest BCUT2D eigenvalue weighted by atomic mass is 35.5. The molecule has 2 aromatic rings. The zero-order valence-electron chi connectivity index (χ0n) is 9.26. The lowest BCUT2D eigenvalue weighted by Gasteiger charge is -2.09. The van der Waals surface area contributed by atoms with Crippen molar-refractivity contribution in [2.75, 3.05) is 7.11 Å². The fourth-order valence-electron chi connectivity index (χ4n) is 1.30. The lowest BCUT2D eigenvalue weighted by Crippen LogP contribution is -2.00. The minimum atomic E-state index is 0.324. The van der Waals surface area contributed by atoms with Crippen molar-refractivity contribution in [1.29, 1.82) is 0 Å². The van der Waals surface area contributed by atoms with Crippen LogP contribution in [0.3, 0.4) is 0 Å². The number of rotatable bonds is 4. The maximum atomic E-state index is 5.64. The van der Waals surface area contributed by atoms with Gasteiger partial charge in [-0.2, -0.15) is 0 Å². The van der Waals surface area contributed by atoms with E-state index in [0.29, 0.717) is 29.0 Å². The lowest BCUT2D eigenvalue weighted by molar-refractivity contribution is 0.280. The molecule has 5 heteroatoms. The van der Waals surface area contributed by atoms with Crippen molar-refractivity contribution < 1.29 is 9.47 Å². The highest BCUT2D eigenvalue weighted by Crippen LogP contribution is 2.26. The average molecular weight is 251 g/mol. The summed E-state index contributed by atoms with van der Waals surface area (Å²) in [5.74, 6) is 1.36. The van der Waals surface area contributed by atoms with Crippen molar-refractivity contribution >= 4 is 11.6 Å². The van der Waals surface area contributed by atoms with Gasteiger partial charge >= 0.3 is 0 Å². The summed E-state index contributed by atoms with van der Waals surface area (Å²) >= 11 is 5.64. The van der Waals surface area contributed by atoms with Gasteiger partial charge in [0.1, 0.15) is 11.8 Å². The molecular weight excluding hydrogens is 240 g/mol. The summed E-state index contributed by atoms with van der Waals surface area (Å²) in [5.41, 5.74) is 0.709. The van der Waals surface area contributed by atoms with Crippen LogP contribution in [0, 0.1) is 0 Å². The van der Waals surface area contributed by atoms with E-state index < -0.39 is 0 Å². The van der Waals surface area contributed by atoms with Gasteiger partial charge in [-0.3, -0.25) is 4.98 Å². The van der Waals surface area contributed by atoms with Crippen LogP contribution in [0.4, 0.5) is 0 Å². The Balaban J connectivity index is 2.04. The Morgan fingerprint density at radius 3 is 2.53 bits per heavy atom. The van der Waals surface area contributed by atoms with Crippen molar-refractivity contribution in [3.05, 3.63) is 47.5 Å². The second-order valence-corrected chi connectivity index (χ2v) is 3.66. The van der Waals surface area contributed by atoms with E-state index in [2.05, 4.69) is 9.97 Å². The molecule has 0 aliphatic rings. The minimum Gasteiger partial charge on any atom is -0.493 e. The van der Waals surface area contributed by atoms with Crippen molar-refractivity contribution in [2.45, 2.75) is 6.61 Å². The Morgan fingerprint density at radius 1 is 1.12 bits per heavy atom. The van der Waals surface area contributed by atoms with Crippen LogP contribution in [0.5, 0.6) is 11.5 Å². The van der Waals surface area contributed by atoms with E-state index in [1.54, 1.807) is 13.3 Å². The van der Waals surface area contributed by atoms with Crippen molar-refractivity contribution in [3.63, 3.8) is 0 Å². The third-order valence-corrected chi connectivity index (χ3v) is 2.31. The van der Waals surface area contributed by atoms with Crippen LogP contribution in [-0.4, -0.2) is 17.1 Å². The Hall–Kier alpha value is -1.81. The van der Waals surface area contributed by atoms with E-state index in [0.717, 1.165) is 0 Å². The number of nitrogens with zero attached hydrogens (tertiary/aromatic N) is 2. The summed E-state index contributed by atoms with van der Waals surface area (Å²) in [7, 11) is 1.60. The second-order valence-electron chi connectivity index (χ2n) is 3.27. The average Bonchev–Trinajstić information content (AvgIpc) is 2.38. The second kappa shape index (κ2) is 5.50. The maximum absolute atomic E-state index is 5.64. The molecule has 88 valence electrons. The van der Waals surface area contributed by atoms with Crippen LogP contribution >= 0.6 is 11.6 Å². The van der Waals surface area contributed by atoms with Gasteiger partial charge in [0.25, 0.3) is 0 Å². The first-order chi connectivity index (χ1) is 8.29. The van der Waals surface area contributed by atoms with Gasteiger partial charge in [-0.25, -0.2) is 4.98 Å². The lowest BCUT2D eigenvalue weighted by atomic mass is 10.3. The third-order valence-electron chi connectivity index (χ3n) is 2.12. The number of aromatic nitrogens is 2. The Morgan fingerprint density at radius 2 is 1.88 bits per heavy atom. The maximum Gasteiger partial charge on any atom is 0.161 e. The van der Waals surface area contributed by atoms with E-state index in [-0.39, 0.29) is 0 Å². The quantitative estimate of drug-likeness (QED) is 0.837. The molecule has 0 aliphatic carbocycles. The first-order valence-corrected chi connectivity index (χ1v) is 5.39. The van der Waals surface area contributed by atoms with Gasteiger partial charge in [-0.1, -0.05) is 23.7 Å². The molecule has 1 aromatic heterocycles. The molecule has 1 aromatic carbocycles. The van der Waals surface area contributed by atoms with Gasteiger partial charge in [0.15, 0.2) is 11.5 Å². The topological polar surface area (TPSA) is 44.2 Å². The molecular formula is C12H11ClN2O2. The molecule has 0 saturated heterocycles. The summed E-state index contributed by atoms with van der Waals surface area (Å²) in [6.07, 6.45) is 3.07. The largest absolute Gasteiger partial charge is 0.493 e. The summed E-state index contributed by atoms with van der Waals surface area (Å²) in [5, 5.41) is 0.367. The molecule has 0 unspecified atom stereocenters. The standard InChI is InChI=1S/C12H11ClN2O2/c1-16-10-4-2-3-5-11(10)17-8-9-6-15-12(13)7-14-9/h2-7H,8H2,1H3. The molecule has 0 bridgehead atoms. The number of hydrogen-bond donors (Lipinski definition) is 0. The van der Waals surface area contributed by atoms with Gasteiger partial charge in [0, 0.05) is 0 Å². The van der Waals surface area contributed by atoms with Gasteiger partial charge in [-0.15, -0.1) is 0 Å². The Labute approximate surface area is 104 Å². The van der Waals surface area contributed by atoms with Gasteiger partial charge in [0.05, 0.1) is 25.2 Å². The van der Waals surface area contributed by atoms with Gasteiger partial charge < -0.3 is 9.47 Å². The molecule has 0 spiro atoms. The fraction of sp³-hybridized carbons (Fsp3) is 0.167.